The van der Waals surface area contributed by atoms with Gasteiger partial charge in [-0.15, -0.1) is 10.2 Å². The number of rotatable bonds is 5. The largest absolute Gasteiger partial charge is 0.493 e. The van der Waals surface area contributed by atoms with E-state index >= 15 is 0 Å². The zero-order valence-electron chi connectivity index (χ0n) is 15.2. The predicted octanol–water partition coefficient (Wildman–Crippen LogP) is 1.75. The molecule has 2 aromatic heterocycles. The number of primary sulfonamides is 1. The fourth-order valence-corrected chi connectivity index (χ4v) is 3.71. The monoisotopic (exact) mass is 399 g/mol. The first-order valence-corrected chi connectivity index (χ1v) is 9.97. The summed E-state index contributed by atoms with van der Waals surface area (Å²) in [6.07, 6.45) is 1.63. The Balaban J connectivity index is 1.89. The van der Waals surface area contributed by atoms with E-state index in [1.54, 1.807) is 50.7 Å². The lowest BCUT2D eigenvalue weighted by Gasteiger charge is -2.10. The molecule has 0 unspecified atom stereocenters. The highest BCUT2D eigenvalue weighted by atomic mass is 32.2. The fraction of sp³-hybridized carbons (Fsp3) is 0.167. The molecule has 0 aliphatic heterocycles. The minimum atomic E-state index is -3.59. The molecule has 2 aromatic carbocycles. The number of sulfonamides is 1. The van der Waals surface area contributed by atoms with Gasteiger partial charge in [-0.3, -0.25) is 9.38 Å². The van der Waals surface area contributed by atoms with Crippen LogP contribution in [0.2, 0.25) is 0 Å². The number of methoxy groups -OCH3 is 2. The highest BCUT2D eigenvalue weighted by Gasteiger charge is 2.15. The minimum Gasteiger partial charge on any atom is -0.493 e. The summed E-state index contributed by atoms with van der Waals surface area (Å²) in [4.78, 5) is 4.42. The predicted molar refractivity (Wildman–Crippen MR) is 104 cm³/mol. The Kier molecular flexibility index (Phi) is 4.36. The third kappa shape index (κ3) is 3.23. The molecular formula is C18H17N5O4S. The van der Waals surface area contributed by atoms with Gasteiger partial charge < -0.3 is 9.47 Å². The summed E-state index contributed by atoms with van der Waals surface area (Å²) in [7, 11) is -0.460. The maximum Gasteiger partial charge on any atom is 0.213 e. The van der Waals surface area contributed by atoms with Crippen molar-refractivity contribution < 1.29 is 17.9 Å². The number of fused-ring (bicyclic) bond motifs is 3. The maximum atomic E-state index is 11.3. The Bertz CT molecular complexity index is 1280. The van der Waals surface area contributed by atoms with Gasteiger partial charge in [0, 0.05) is 17.7 Å². The van der Waals surface area contributed by atoms with Crippen LogP contribution >= 0.6 is 0 Å². The molecule has 9 nitrogen and oxygen atoms in total. The molecule has 0 fully saturated rings. The van der Waals surface area contributed by atoms with E-state index in [9.17, 15) is 8.42 Å². The van der Waals surface area contributed by atoms with Gasteiger partial charge in [0.1, 0.15) is 0 Å². The first kappa shape index (κ1) is 18.1. The number of hydrogen-bond donors (Lipinski definition) is 1. The van der Waals surface area contributed by atoms with Gasteiger partial charge in [0.15, 0.2) is 23.0 Å². The molecule has 0 saturated carbocycles. The second kappa shape index (κ2) is 6.73. The highest BCUT2D eigenvalue weighted by Crippen LogP contribution is 2.33. The van der Waals surface area contributed by atoms with E-state index in [0.717, 1.165) is 11.1 Å². The summed E-state index contributed by atoms with van der Waals surface area (Å²) in [6, 6.07) is 10.6. The normalized spacial score (nSPS) is 11.8. The molecule has 28 heavy (non-hydrogen) atoms. The van der Waals surface area contributed by atoms with E-state index in [2.05, 4.69) is 15.2 Å². The number of aromatic nitrogens is 4. The number of nitrogens with two attached hydrogens (primary N) is 1. The Labute approximate surface area is 160 Å². The van der Waals surface area contributed by atoms with Crippen molar-refractivity contribution in [1.82, 2.24) is 19.6 Å². The molecule has 0 amide bonds. The Morgan fingerprint density at radius 3 is 2.36 bits per heavy atom. The van der Waals surface area contributed by atoms with Crippen LogP contribution in [0.25, 0.3) is 28.1 Å². The molecule has 0 radical (unpaired) electrons. The van der Waals surface area contributed by atoms with Crippen molar-refractivity contribution in [2.24, 2.45) is 5.14 Å². The van der Waals surface area contributed by atoms with Crippen molar-refractivity contribution in [1.29, 1.82) is 0 Å². The SMILES string of the molecule is COc1cc2ncc3nnc(-c4ccc(CS(N)(=O)=O)cc4)n3c2cc1OC. The van der Waals surface area contributed by atoms with E-state index in [4.69, 9.17) is 14.6 Å². The lowest BCUT2D eigenvalue weighted by molar-refractivity contribution is 0.355. The van der Waals surface area contributed by atoms with Crippen molar-refractivity contribution in [2.75, 3.05) is 14.2 Å². The summed E-state index contributed by atoms with van der Waals surface area (Å²) < 4.78 is 35.1. The zero-order valence-corrected chi connectivity index (χ0v) is 16.0. The van der Waals surface area contributed by atoms with Gasteiger partial charge in [-0.05, 0) is 5.56 Å². The van der Waals surface area contributed by atoms with Crippen LogP contribution in [0.4, 0.5) is 0 Å². The molecule has 2 heterocycles. The Morgan fingerprint density at radius 2 is 1.71 bits per heavy atom. The molecule has 0 spiro atoms. The third-order valence-electron chi connectivity index (χ3n) is 4.31. The van der Waals surface area contributed by atoms with Crippen LogP contribution in [0, 0.1) is 0 Å². The number of ether oxygens (including phenoxy) is 2. The number of benzene rings is 2. The van der Waals surface area contributed by atoms with Crippen LogP contribution in [0.1, 0.15) is 5.56 Å². The smallest absolute Gasteiger partial charge is 0.213 e. The van der Waals surface area contributed by atoms with Gasteiger partial charge in [0.25, 0.3) is 0 Å². The van der Waals surface area contributed by atoms with Crippen LogP contribution in [-0.2, 0) is 15.8 Å². The van der Waals surface area contributed by atoms with Crippen LogP contribution in [0.15, 0.2) is 42.6 Å². The molecule has 0 aliphatic carbocycles. The summed E-state index contributed by atoms with van der Waals surface area (Å²) in [5.74, 6) is 1.51. The molecule has 4 rings (SSSR count). The van der Waals surface area contributed by atoms with Crippen molar-refractivity contribution in [3.8, 4) is 22.9 Å². The van der Waals surface area contributed by atoms with E-state index in [1.165, 1.54) is 0 Å². The quantitative estimate of drug-likeness (QED) is 0.542. The van der Waals surface area contributed by atoms with E-state index in [0.29, 0.717) is 34.1 Å². The lowest BCUT2D eigenvalue weighted by Crippen LogP contribution is -2.14. The zero-order chi connectivity index (χ0) is 19.9. The van der Waals surface area contributed by atoms with Crippen molar-refractivity contribution in [3.05, 3.63) is 48.2 Å². The van der Waals surface area contributed by atoms with Gasteiger partial charge in [-0.25, -0.2) is 13.6 Å². The van der Waals surface area contributed by atoms with E-state index in [-0.39, 0.29) is 5.75 Å². The molecule has 0 saturated heterocycles. The second-order valence-electron chi connectivity index (χ2n) is 6.18. The van der Waals surface area contributed by atoms with Crippen molar-refractivity contribution >= 4 is 26.7 Å². The van der Waals surface area contributed by atoms with Gasteiger partial charge in [0.05, 0.1) is 37.2 Å². The standard InChI is InChI=1S/C18H17N5O4S/c1-26-15-7-13-14(8-16(15)27-2)23-17(9-20-13)21-22-18(23)12-5-3-11(4-6-12)10-28(19,24)25/h3-9H,10H2,1-2H3,(H2,19,24,25). The van der Waals surface area contributed by atoms with Gasteiger partial charge >= 0.3 is 0 Å². The number of nitrogens with zero attached hydrogens (tertiary/aromatic N) is 4. The molecular weight excluding hydrogens is 382 g/mol. The summed E-state index contributed by atoms with van der Waals surface area (Å²) in [5, 5.41) is 13.6. The molecule has 2 N–H and O–H groups in total. The van der Waals surface area contributed by atoms with Crippen molar-refractivity contribution in [2.45, 2.75) is 5.75 Å². The molecule has 144 valence electrons. The molecule has 0 aliphatic rings. The molecule has 4 aromatic rings. The first-order chi connectivity index (χ1) is 13.4. The van der Waals surface area contributed by atoms with E-state index in [1.807, 2.05) is 10.5 Å². The average molecular weight is 399 g/mol. The fourth-order valence-electron chi connectivity index (χ4n) is 3.05. The van der Waals surface area contributed by atoms with Gasteiger partial charge in [-0.2, -0.15) is 0 Å². The molecule has 10 heteroatoms. The molecule has 0 atom stereocenters. The minimum absolute atomic E-state index is 0.224. The Morgan fingerprint density at radius 1 is 1.04 bits per heavy atom. The Hall–Kier alpha value is -3.24. The number of hydrogen-bond acceptors (Lipinski definition) is 7. The van der Waals surface area contributed by atoms with Crippen molar-refractivity contribution in [3.63, 3.8) is 0 Å². The van der Waals surface area contributed by atoms with Crippen LogP contribution in [0.5, 0.6) is 11.5 Å². The molecule has 0 bridgehead atoms. The lowest BCUT2D eigenvalue weighted by atomic mass is 10.1. The van der Waals surface area contributed by atoms with Crippen LogP contribution < -0.4 is 14.6 Å². The van der Waals surface area contributed by atoms with Crippen LogP contribution in [0.3, 0.4) is 0 Å². The second-order valence-corrected chi connectivity index (χ2v) is 7.79. The summed E-state index contributed by atoms with van der Waals surface area (Å²) in [6.45, 7) is 0. The summed E-state index contributed by atoms with van der Waals surface area (Å²) in [5.41, 5.74) is 3.38. The van der Waals surface area contributed by atoms with Gasteiger partial charge in [0.2, 0.25) is 10.0 Å². The van der Waals surface area contributed by atoms with Gasteiger partial charge in [-0.1, -0.05) is 24.3 Å². The highest BCUT2D eigenvalue weighted by molar-refractivity contribution is 7.88. The first-order valence-electron chi connectivity index (χ1n) is 8.25. The average Bonchev–Trinajstić information content (AvgIpc) is 3.10. The maximum absolute atomic E-state index is 11.3. The van der Waals surface area contributed by atoms with E-state index < -0.39 is 10.0 Å². The summed E-state index contributed by atoms with van der Waals surface area (Å²) >= 11 is 0. The topological polar surface area (TPSA) is 122 Å². The third-order valence-corrected chi connectivity index (χ3v) is 5.04. The van der Waals surface area contributed by atoms with Crippen LogP contribution in [-0.4, -0.2) is 42.2 Å².